The largest absolute Gasteiger partial charge is 0.444 e. The molecule has 1 aliphatic rings. The second-order valence-electron chi connectivity index (χ2n) is 6.60. The molecule has 0 aliphatic carbocycles. The third-order valence-corrected chi connectivity index (χ3v) is 3.69. The van der Waals surface area contributed by atoms with E-state index in [0.717, 1.165) is 6.07 Å². The van der Waals surface area contributed by atoms with Crippen molar-refractivity contribution in [3.8, 4) is 0 Å². The fourth-order valence-electron chi connectivity index (χ4n) is 2.69. The van der Waals surface area contributed by atoms with Crippen LogP contribution in [0.25, 0.3) is 0 Å². The van der Waals surface area contributed by atoms with E-state index in [9.17, 15) is 18.7 Å². The molecule has 0 saturated carbocycles. The molecule has 0 aromatic heterocycles. The number of likely N-dealkylation sites (tertiary alicyclic amines) is 1. The van der Waals surface area contributed by atoms with E-state index in [2.05, 4.69) is 0 Å². The van der Waals surface area contributed by atoms with Crippen molar-refractivity contribution in [2.24, 2.45) is 5.92 Å². The molecule has 1 heterocycles. The predicted octanol–water partition coefficient (Wildman–Crippen LogP) is 2.91. The van der Waals surface area contributed by atoms with Gasteiger partial charge < -0.3 is 14.7 Å². The van der Waals surface area contributed by atoms with Gasteiger partial charge in [0, 0.05) is 37.6 Å². The van der Waals surface area contributed by atoms with E-state index in [1.54, 1.807) is 20.8 Å². The number of benzene rings is 1. The first-order valence-corrected chi connectivity index (χ1v) is 7.25. The number of carbonyl (C=O) groups is 1. The molecule has 1 saturated heterocycles. The van der Waals surface area contributed by atoms with E-state index in [0.29, 0.717) is 5.56 Å². The topological polar surface area (TPSA) is 49.8 Å². The van der Waals surface area contributed by atoms with Crippen LogP contribution < -0.4 is 0 Å². The lowest BCUT2D eigenvalue weighted by Crippen LogP contribution is -2.35. The van der Waals surface area contributed by atoms with E-state index in [-0.39, 0.29) is 31.5 Å². The predicted molar refractivity (Wildman–Crippen MR) is 77.5 cm³/mol. The highest BCUT2D eigenvalue weighted by Gasteiger charge is 2.38. The van der Waals surface area contributed by atoms with Crippen molar-refractivity contribution in [1.82, 2.24) is 4.90 Å². The van der Waals surface area contributed by atoms with Crippen LogP contribution in [-0.4, -0.2) is 41.4 Å². The summed E-state index contributed by atoms with van der Waals surface area (Å²) in [5, 5.41) is 9.50. The van der Waals surface area contributed by atoms with Crippen molar-refractivity contribution in [2.45, 2.75) is 32.3 Å². The Hall–Kier alpha value is -1.69. The lowest BCUT2D eigenvalue weighted by molar-refractivity contribution is 0.0283. The number of halogens is 2. The zero-order chi connectivity index (χ0) is 16.5. The summed E-state index contributed by atoms with van der Waals surface area (Å²) in [6, 6.07) is 3.37. The first-order chi connectivity index (χ1) is 10.2. The van der Waals surface area contributed by atoms with Crippen LogP contribution in [-0.2, 0) is 4.74 Å². The van der Waals surface area contributed by atoms with Gasteiger partial charge in [-0.2, -0.15) is 0 Å². The van der Waals surface area contributed by atoms with Crippen LogP contribution in [0.15, 0.2) is 18.2 Å². The Morgan fingerprint density at radius 3 is 2.59 bits per heavy atom. The van der Waals surface area contributed by atoms with Crippen LogP contribution in [0.2, 0.25) is 0 Å². The average Bonchev–Trinajstić information content (AvgIpc) is 2.80. The molecule has 1 aliphatic heterocycles. The summed E-state index contributed by atoms with van der Waals surface area (Å²) in [4.78, 5) is 13.6. The van der Waals surface area contributed by atoms with Gasteiger partial charge in [-0.15, -0.1) is 0 Å². The summed E-state index contributed by atoms with van der Waals surface area (Å²) in [6.07, 6.45) is -0.490. The Kier molecular flexibility index (Phi) is 4.70. The molecule has 22 heavy (non-hydrogen) atoms. The summed E-state index contributed by atoms with van der Waals surface area (Å²) in [7, 11) is 0. The molecule has 1 amide bonds. The van der Waals surface area contributed by atoms with Crippen LogP contribution in [0.1, 0.15) is 32.3 Å². The highest BCUT2D eigenvalue weighted by Crippen LogP contribution is 2.34. The molecular weight excluding hydrogens is 292 g/mol. The molecular formula is C16H21F2NO3. The summed E-state index contributed by atoms with van der Waals surface area (Å²) >= 11 is 0. The number of hydrogen-bond donors (Lipinski definition) is 1. The Balaban J connectivity index is 2.17. The number of aliphatic hydroxyl groups is 1. The number of aliphatic hydroxyl groups excluding tert-OH is 1. The van der Waals surface area contributed by atoms with Gasteiger partial charge in [0.15, 0.2) is 0 Å². The van der Waals surface area contributed by atoms with Gasteiger partial charge in [-0.05, 0) is 32.4 Å². The second kappa shape index (κ2) is 6.20. The summed E-state index contributed by atoms with van der Waals surface area (Å²) in [6.45, 7) is 5.64. The van der Waals surface area contributed by atoms with Gasteiger partial charge in [-0.1, -0.05) is 6.07 Å². The van der Waals surface area contributed by atoms with E-state index in [1.165, 1.54) is 17.0 Å². The summed E-state index contributed by atoms with van der Waals surface area (Å²) < 4.78 is 32.3. The van der Waals surface area contributed by atoms with Crippen molar-refractivity contribution in [2.75, 3.05) is 19.7 Å². The first-order valence-electron chi connectivity index (χ1n) is 7.25. The van der Waals surface area contributed by atoms with Gasteiger partial charge in [0.25, 0.3) is 0 Å². The van der Waals surface area contributed by atoms with Crippen LogP contribution in [0, 0.1) is 17.6 Å². The van der Waals surface area contributed by atoms with Crippen LogP contribution in [0.4, 0.5) is 13.6 Å². The number of ether oxygens (including phenoxy) is 1. The van der Waals surface area contributed by atoms with Crippen LogP contribution in [0.5, 0.6) is 0 Å². The van der Waals surface area contributed by atoms with E-state index >= 15 is 0 Å². The fourth-order valence-corrected chi connectivity index (χ4v) is 2.69. The van der Waals surface area contributed by atoms with Crippen molar-refractivity contribution >= 4 is 6.09 Å². The van der Waals surface area contributed by atoms with Crippen LogP contribution in [0.3, 0.4) is 0 Å². The van der Waals surface area contributed by atoms with E-state index in [4.69, 9.17) is 4.74 Å². The number of nitrogens with zero attached hydrogens (tertiary/aromatic N) is 1. The smallest absolute Gasteiger partial charge is 0.410 e. The van der Waals surface area contributed by atoms with Gasteiger partial charge >= 0.3 is 6.09 Å². The molecule has 0 radical (unpaired) electrons. The maximum absolute atomic E-state index is 14.0. The molecule has 1 fully saturated rings. The standard InChI is InChI=1S/C16H21F2NO3/c1-16(2,3)22-15(21)19-7-10(9-20)13(8-19)12-5-4-11(17)6-14(12)18/h4-6,10,13,20H,7-9H2,1-3H3/t10-,13+/m0/s1. The van der Waals surface area contributed by atoms with Crippen molar-refractivity contribution in [3.63, 3.8) is 0 Å². The minimum absolute atomic E-state index is 0.180. The highest BCUT2D eigenvalue weighted by atomic mass is 19.1. The molecule has 0 bridgehead atoms. The Bertz CT molecular complexity index is 557. The zero-order valence-corrected chi connectivity index (χ0v) is 13.0. The SMILES string of the molecule is CC(C)(C)OC(=O)N1C[C@@H](CO)[C@H](c2ccc(F)cc2F)C1. The fraction of sp³-hybridized carbons (Fsp3) is 0.562. The average molecular weight is 313 g/mol. The Morgan fingerprint density at radius 1 is 1.36 bits per heavy atom. The molecule has 0 unspecified atom stereocenters. The minimum Gasteiger partial charge on any atom is -0.444 e. The molecule has 6 heteroatoms. The van der Waals surface area contributed by atoms with Crippen molar-refractivity contribution in [3.05, 3.63) is 35.4 Å². The molecule has 2 atom stereocenters. The lowest BCUT2D eigenvalue weighted by atomic mass is 9.89. The van der Waals surface area contributed by atoms with Gasteiger partial charge in [-0.3, -0.25) is 0 Å². The lowest BCUT2D eigenvalue weighted by Gasteiger charge is -2.24. The Labute approximate surface area is 128 Å². The molecule has 122 valence electrons. The third-order valence-electron chi connectivity index (χ3n) is 3.69. The van der Waals surface area contributed by atoms with Crippen molar-refractivity contribution in [1.29, 1.82) is 0 Å². The summed E-state index contributed by atoms with van der Waals surface area (Å²) in [5.41, 5.74) is -0.308. The maximum atomic E-state index is 14.0. The third kappa shape index (κ3) is 3.74. The van der Waals surface area contributed by atoms with Gasteiger partial charge in [-0.25, -0.2) is 13.6 Å². The number of carbonyl (C=O) groups excluding carboxylic acids is 1. The van der Waals surface area contributed by atoms with E-state index in [1.807, 2.05) is 0 Å². The summed E-state index contributed by atoms with van der Waals surface area (Å²) in [5.74, 6) is -1.98. The molecule has 2 rings (SSSR count). The molecule has 0 spiro atoms. The number of hydrogen-bond acceptors (Lipinski definition) is 3. The number of amides is 1. The molecule has 1 aromatic carbocycles. The quantitative estimate of drug-likeness (QED) is 0.913. The van der Waals surface area contributed by atoms with Crippen molar-refractivity contribution < 1.29 is 23.4 Å². The van der Waals surface area contributed by atoms with Gasteiger partial charge in [0.1, 0.15) is 17.2 Å². The van der Waals surface area contributed by atoms with E-state index < -0.39 is 23.3 Å². The first kappa shape index (κ1) is 16.7. The molecule has 4 nitrogen and oxygen atoms in total. The van der Waals surface area contributed by atoms with Gasteiger partial charge in [0.05, 0.1) is 0 Å². The highest BCUT2D eigenvalue weighted by molar-refractivity contribution is 5.68. The minimum atomic E-state index is -0.658. The Morgan fingerprint density at radius 2 is 2.05 bits per heavy atom. The normalized spacial score (nSPS) is 22.0. The maximum Gasteiger partial charge on any atom is 0.410 e. The number of rotatable bonds is 2. The van der Waals surface area contributed by atoms with Crippen LogP contribution >= 0.6 is 0 Å². The molecule has 1 aromatic rings. The zero-order valence-electron chi connectivity index (χ0n) is 13.0. The second-order valence-corrected chi connectivity index (χ2v) is 6.60. The van der Waals surface area contributed by atoms with Gasteiger partial charge in [0.2, 0.25) is 0 Å². The molecule has 1 N–H and O–H groups in total. The monoisotopic (exact) mass is 313 g/mol.